The number of hydrogen-bond donors (Lipinski definition) is 0. The molecule has 0 heteroatoms. The van der Waals surface area contributed by atoms with Gasteiger partial charge in [0.05, 0.1) is 0 Å². The molecule has 0 nitrogen and oxygen atoms in total. The first kappa shape index (κ1) is 7.59. The number of rotatable bonds is 1. The van der Waals surface area contributed by atoms with Crippen LogP contribution in [0.25, 0.3) is 0 Å². The summed E-state index contributed by atoms with van der Waals surface area (Å²) in [4.78, 5) is 0. The van der Waals surface area contributed by atoms with Crippen molar-refractivity contribution >= 4 is 0 Å². The van der Waals surface area contributed by atoms with Crippen LogP contribution in [0.5, 0.6) is 0 Å². The van der Waals surface area contributed by atoms with Gasteiger partial charge in [-0.15, -0.1) is 0 Å². The Morgan fingerprint density at radius 3 is 2.20 bits per heavy atom. The Balaban J connectivity index is 2.66. The Hall–Kier alpha value is -0.520. The molecule has 0 amide bonds. The summed E-state index contributed by atoms with van der Waals surface area (Å²) in [5.41, 5.74) is 2.58. The molecule has 1 rings (SSSR count). The van der Waals surface area contributed by atoms with Gasteiger partial charge in [0.15, 0.2) is 0 Å². The highest BCUT2D eigenvalue weighted by atomic mass is 14.3. The van der Waals surface area contributed by atoms with E-state index < -0.39 is 0 Å². The monoisotopic (exact) mass is 136 g/mol. The van der Waals surface area contributed by atoms with Crippen molar-refractivity contribution in [1.82, 2.24) is 0 Å². The molecular weight excluding hydrogens is 120 g/mol. The second kappa shape index (κ2) is 2.61. The second-order valence-corrected chi connectivity index (χ2v) is 3.52. The maximum absolute atomic E-state index is 4.04. The summed E-state index contributed by atoms with van der Waals surface area (Å²) in [6.07, 6.45) is 2.44. The molecule has 1 aliphatic rings. The third-order valence-electron chi connectivity index (χ3n) is 2.46. The van der Waals surface area contributed by atoms with Crippen molar-refractivity contribution in [2.75, 3.05) is 0 Å². The van der Waals surface area contributed by atoms with Crippen LogP contribution in [0.4, 0.5) is 0 Å². The Kier molecular flexibility index (Phi) is 1.98. The van der Waals surface area contributed by atoms with Crippen LogP contribution >= 0.6 is 0 Å². The summed E-state index contributed by atoms with van der Waals surface area (Å²) in [5.74, 6) is 1.46. The fourth-order valence-corrected chi connectivity index (χ4v) is 1.66. The lowest BCUT2D eigenvalue weighted by Gasteiger charge is -2.14. The first-order valence-electron chi connectivity index (χ1n) is 4.00. The Labute approximate surface area is 63.6 Å². The van der Waals surface area contributed by atoms with Crippen LogP contribution in [0.1, 0.15) is 26.7 Å². The summed E-state index contributed by atoms with van der Waals surface area (Å²) in [7, 11) is 0. The van der Waals surface area contributed by atoms with Gasteiger partial charge < -0.3 is 0 Å². The average Bonchev–Trinajstić information content (AvgIpc) is 2.14. The zero-order chi connectivity index (χ0) is 7.72. The van der Waals surface area contributed by atoms with E-state index in [-0.39, 0.29) is 0 Å². The van der Waals surface area contributed by atoms with Gasteiger partial charge in [-0.3, -0.25) is 0 Å². The third kappa shape index (κ3) is 1.16. The quantitative estimate of drug-likeness (QED) is 0.519. The topological polar surface area (TPSA) is 0 Å². The van der Waals surface area contributed by atoms with Gasteiger partial charge >= 0.3 is 0 Å². The molecular formula is C10H16. The third-order valence-corrected chi connectivity index (χ3v) is 2.46. The summed E-state index contributed by atoms with van der Waals surface area (Å²) < 4.78 is 0. The van der Waals surface area contributed by atoms with E-state index >= 15 is 0 Å². The van der Waals surface area contributed by atoms with Crippen LogP contribution in [0.3, 0.4) is 0 Å². The molecule has 0 spiro atoms. The Morgan fingerprint density at radius 1 is 1.40 bits per heavy atom. The van der Waals surface area contributed by atoms with Gasteiger partial charge in [-0.05, 0) is 30.3 Å². The summed E-state index contributed by atoms with van der Waals surface area (Å²) in [5, 5.41) is 0. The fraction of sp³-hybridized carbons (Fsp3) is 0.600. The van der Waals surface area contributed by atoms with Crippen LogP contribution in [0.2, 0.25) is 0 Å². The highest BCUT2D eigenvalue weighted by molar-refractivity contribution is 5.32. The minimum Gasteiger partial charge on any atom is -0.0956 e. The van der Waals surface area contributed by atoms with E-state index in [9.17, 15) is 0 Å². The molecule has 1 unspecified atom stereocenters. The lowest BCUT2D eigenvalue weighted by atomic mass is 9.91. The van der Waals surface area contributed by atoms with E-state index in [0.717, 1.165) is 5.92 Å². The molecule has 0 aromatic carbocycles. The summed E-state index contributed by atoms with van der Waals surface area (Å²) in [6, 6.07) is 0. The van der Waals surface area contributed by atoms with Gasteiger partial charge in [0.1, 0.15) is 0 Å². The van der Waals surface area contributed by atoms with Crippen molar-refractivity contribution in [3.05, 3.63) is 24.3 Å². The first-order valence-corrected chi connectivity index (χ1v) is 4.00. The number of allylic oxidation sites excluding steroid dienone is 2. The van der Waals surface area contributed by atoms with Gasteiger partial charge in [-0.1, -0.05) is 32.6 Å². The van der Waals surface area contributed by atoms with Crippen molar-refractivity contribution in [3.63, 3.8) is 0 Å². The van der Waals surface area contributed by atoms with Crippen LogP contribution in [-0.2, 0) is 0 Å². The second-order valence-electron chi connectivity index (χ2n) is 3.52. The smallest absolute Gasteiger partial charge is 0.0139 e. The van der Waals surface area contributed by atoms with Crippen molar-refractivity contribution in [2.24, 2.45) is 11.8 Å². The predicted molar refractivity (Wildman–Crippen MR) is 45.8 cm³/mol. The normalized spacial score (nSPS) is 26.5. The molecule has 0 saturated heterocycles. The van der Waals surface area contributed by atoms with Gasteiger partial charge in [-0.25, -0.2) is 0 Å². The van der Waals surface area contributed by atoms with Gasteiger partial charge in [0.2, 0.25) is 0 Å². The molecule has 0 aliphatic heterocycles. The van der Waals surface area contributed by atoms with Gasteiger partial charge in [0.25, 0.3) is 0 Å². The highest BCUT2D eigenvalue weighted by Gasteiger charge is 2.24. The van der Waals surface area contributed by atoms with Gasteiger partial charge in [0, 0.05) is 0 Å². The van der Waals surface area contributed by atoms with Crippen molar-refractivity contribution < 1.29 is 0 Å². The minimum absolute atomic E-state index is 0.715. The van der Waals surface area contributed by atoms with E-state index in [2.05, 4.69) is 27.0 Å². The Morgan fingerprint density at radius 2 is 2.00 bits per heavy atom. The van der Waals surface area contributed by atoms with E-state index in [1.54, 1.807) is 0 Å². The number of hydrogen-bond acceptors (Lipinski definition) is 0. The SMILES string of the molecule is C=C1CCC(C(C)C)C1=C. The van der Waals surface area contributed by atoms with E-state index in [1.165, 1.54) is 24.0 Å². The Bertz CT molecular complexity index is 163. The predicted octanol–water partition coefficient (Wildman–Crippen LogP) is 3.16. The molecule has 0 bridgehead atoms. The van der Waals surface area contributed by atoms with E-state index in [0.29, 0.717) is 5.92 Å². The van der Waals surface area contributed by atoms with Crippen LogP contribution in [0, 0.1) is 11.8 Å². The van der Waals surface area contributed by atoms with Crippen molar-refractivity contribution in [3.8, 4) is 0 Å². The molecule has 1 fully saturated rings. The molecule has 0 heterocycles. The molecule has 0 N–H and O–H groups in total. The molecule has 1 atom stereocenters. The lowest BCUT2D eigenvalue weighted by molar-refractivity contribution is 0.454. The first-order chi connectivity index (χ1) is 4.63. The van der Waals surface area contributed by atoms with E-state index in [4.69, 9.17) is 0 Å². The zero-order valence-corrected chi connectivity index (χ0v) is 6.98. The molecule has 1 saturated carbocycles. The molecule has 1 aliphatic carbocycles. The molecule has 0 radical (unpaired) electrons. The molecule has 0 aromatic rings. The standard InChI is InChI=1S/C10H16/c1-7(2)10-6-5-8(3)9(10)4/h7,10H,3-6H2,1-2H3. The van der Waals surface area contributed by atoms with Crippen molar-refractivity contribution in [2.45, 2.75) is 26.7 Å². The highest BCUT2D eigenvalue weighted by Crippen LogP contribution is 2.37. The summed E-state index contributed by atoms with van der Waals surface area (Å²) >= 11 is 0. The maximum atomic E-state index is 4.04. The average molecular weight is 136 g/mol. The lowest BCUT2D eigenvalue weighted by Crippen LogP contribution is -2.04. The molecule has 0 aromatic heterocycles. The minimum atomic E-state index is 0.715. The molecule has 56 valence electrons. The van der Waals surface area contributed by atoms with Crippen LogP contribution < -0.4 is 0 Å². The van der Waals surface area contributed by atoms with Crippen molar-refractivity contribution in [1.29, 1.82) is 0 Å². The van der Waals surface area contributed by atoms with Gasteiger partial charge in [-0.2, -0.15) is 0 Å². The maximum Gasteiger partial charge on any atom is -0.0139 e. The van der Waals surface area contributed by atoms with E-state index in [1.807, 2.05) is 0 Å². The molecule has 10 heavy (non-hydrogen) atoms. The van der Waals surface area contributed by atoms with Crippen LogP contribution in [-0.4, -0.2) is 0 Å². The largest absolute Gasteiger partial charge is 0.0956 e. The fourth-order valence-electron chi connectivity index (χ4n) is 1.66. The summed E-state index contributed by atoms with van der Waals surface area (Å²) in [6.45, 7) is 12.5. The zero-order valence-electron chi connectivity index (χ0n) is 6.98. The van der Waals surface area contributed by atoms with Crippen LogP contribution in [0.15, 0.2) is 24.3 Å².